The molecule has 2 unspecified atom stereocenters. The lowest BCUT2D eigenvalue weighted by Crippen LogP contribution is -2.51. The van der Waals surface area contributed by atoms with Gasteiger partial charge in [-0.15, -0.1) is 0 Å². The molecule has 2 aromatic rings. The molecule has 0 aliphatic carbocycles. The summed E-state index contributed by atoms with van der Waals surface area (Å²) in [5.74, 6) is -0.253. The van der Waals surface area contributed by atoms with Crippen molar-refractivity contribution < 1.29 is 14.0 Å². The second-order valence-corrected chi connectivity index (χ2v) is 10.3. The summed E-state index contributed by atoms with van der Waals surface area (Å²) in [6, 6.07) is 7.60. The Hall–Kier alpha value is -1.76. The summed E-state index contributed by atoms with van der Waals surface area (Å²) in [6.45, 7) is 4.51. The fourth-order valence-corrected chi connectivity index (χ4v) is 5.84. The van der Waals surface area contributed by atoms with Crippen LogP contribution in [0.1, 0.15) is 34.9 Å². The van der Waals surface area contributed by atoms with Crippen LogP contribution < -0.4 is 10.2 Å². The van der Waals surface area contributed by atoms with E-state index in [1.165, 1.54) is 11.1 Å². The van der Waals surface area contributed by atoms with Crippen LogP contribution in [0.3, 0.4) is 0 Å². The van der Waals surface area contributed by atoms with Crippen molar-refractivity contribution in [1.82, 2.24) is 20.1 Å². The first kappa shape index (κ1) is 23.0. The lowest BCUT2D eigenvalue weighted by molar-refractivity contribution is -0.137. The summed E-state index contributed by atoms with van der Waals surface area (Å²) in [5, 5.41) is 2.29. The third-order valence-corrected chi connectivity index (χ3v) is 8.15. The van der Waals surface area contributed by atoms with Crippen molar-refractivity contribution in [2.24, 2.45) is 0 Å². The normalized spacial score (nSPS) is 24.2. The predicted octanol–water partition coefficient (Wildman–Crippen LogP) is 2.70. The van der Waals surface area contributed by atoms with Crippen LogP contribution in [0.5, 0.6) is 0 Å². The van der Waals surface area contributed by atoms with Crippen molar-refractivity contribution in [2.45, 2.75) is 37.3 Å². The van der Waals surface area contributed by atoms with Crippen molar-refractivity contribution in [2.75, 3.05) is 31.1 Å². The number of nitrogens with one attached hydrogen (secondary N) is 1. The lowest BCUT2D eigenvalue weighted by atomic mass is 10.0. The fraction of sp³-hybridized carbons (Fsp3) is 0.435. The molecular formula is C23H25FIN5O2S. The Kier molecular flexibility index (Phi) is 6.60. The highest BCUT2D eigenvalue weighted by molar-refractivity contribution is 14.1. The number of anilines is 1. The highest BCUT2D eigenvalue weighted by Crippen LogP contribution is 2.40. The summed E-state index contributed by atoms with van der Waals surface area (Å²) < 4.78 is 15.1. The van der Waals surface area contributed by atoms with Gasteiger partial charge in [0.15, 0.2) is 11.6 Å². The summed E-state index contributed by atoms with van der Waals surface area (Å²) >= 11 is 6.82. The number of nitrogens with zero attached hydrogens (tertiary/aromatic N) is 4. The second kappa shape index (κ2) is 9.47. The molecule has 3 aliphatic rings. The van der Waals surface area contributed by atoms with E-state index in [1.807, 2.05) is 33.6 Å². The van der Waals surface area contributed by atoms with E-state index >= 15 is 0 Å². The Balaban J connectivity index is 1.26. The van der Waals surface area contributed by atoms with E-state index in [0.29, 0.717) is 28.8 Å². The Morgan fingerprint density at radius 1 is 1.18 bits per heavy atom. The number of hydrogen-bond donors (Lipinski definition) is 2. The summed E-state index contributed by atoms with van der Waals surface area (Å²) in [5.41, 5.74) is 3.58. The van der Waals surface area contributed by atoms with Crippen molar-refractivity contribution in [1.29, 1.82) is 0 Å². The first-order chi connectivity index (χ1) is 15.9. The van der Waals surface area contributed by atoms with Crippen molar-refractivity contribution in [3.63, 3.8) is 0 Å². The molecule has 2 fully saturated rings. The van der Waals surface area contributed by atoms with Gasteiger partial charge in [0.2, 0.25) is 11.8 Å². The standard InChI is InChI=1S/C23H25FIN5O2S/c24-20-17(25)6-7-26-21(20)29-10-8-28(9-11-29)12-14-2-1-3-15-16(14)13-30(23(15)33)18-4-5-19(31)27-22(18)32/h1-3,6-7,18,23,33H,4-5,8-13H2,(H,27,31,32). The fourth-order valence-electron chi connectivity index (χ4n) is 4.95. The average Bonchev–Trinajstić information content (AvgIpc) is 3.14. The van der Waals surface area contributed by atoms with Gasteiger partial charge < -0.3 is 4.90 Å². The molecule has 0 bridgehead atoms. The van der Waals surface area contributed by atoms with Crippen molar-refractivity contribution in [3.05, 3.63) is 56.5 Å². The molecule has 3 aliphatic heterocycles. The molecule has 1 aromatic heterocycles. The van der Waals surface area contributed by atoms with Crippen LogP contribution in [0.2, 0.25) is 0 Å². The van der Waals surface area contributed by atoms with Gasteiger partial charge in [0.25, 0.3) is 0 Å². The zero-order valence-corrected chi connectivity index (χ0v) is 21.1. The van der Waals surface area contributed by atoms with Crippen LogP contribution in [0.15, 0.2) is 30.5 Å². The molecule has 1 N–H and O–H groups in total. The number of pyridine rings is 1. The Morgan fingerprint density at radius 3 is 2.73 bits per heavy atom. The number of imide groups is 1. The Morgan fingerprint density at radius 2 is 1.97 bits per heavy atom. The summed E-state index contributed by atoms with van der Waals surface area (Å²) in [7, 11) is 0. The van der Waals surface area contributed by atoms with Crippen LogP contribution in [0.4, 0.5) is 10.2 Å². The van der Waals surface area contributed by atoms with Crippen molar-refractivity contribution >= 4 is 52.9 Å². The molecule has 7 nitrogen and oxygen atoms in total. The number of aromatic nitrogens is 1. The maximum Gasteiger partial charge on any atom is 0.243 e. The van der Waals surface area contributed by atoms with Gasteiger partial charge in [-0.3, -0.25) is 24.7 Å². The number of benzene rings is 1. The maximum atomic E-state index is 14.5. The van der Waals surface area contributed by atoms with Gasteiger partial charge in [0, 0.05) is 51.9 Å². The molecule has 2 saturated heterocycles. The third-order valence-electron chi connectivity index (χ3n) is 6.74. The average molecular weight is 581 g/mol. The van der Waals surface area contributed by atoms with Gasteiger partial charge >= 0.3 is 0 Å². The van der Waals surface area contributed by atoms with E-state index in [2.05, 4.69) is 32.2 Å². The van der Waals surface area contributed by atoms with Crippen LogP contribution in [-0.2, 0) is 22.7 Å². The SMILES string of the molecule is O=C1CCC(N2Cc3c(CN4CCN(c5nccc(I)c5F)CC4)cccc3C2S)C(=O)N1. The molecule has 0 saturated carbocycles. The predicted molar refractivity (Wildman–Crippen MR) is 134 cm³/mol. The summed E-state index contributed by atoms with van der Waals surface area (Å²) in [4.78, 5) is 34.7. The summed E-state index contributed by atoms with van der Waals surface area (Å²) in [6.07, 6.45) is 2.54. The minimum absolute atomic E-state index is 0.171. The zero-order valence-electron chi connectivity index (χ0n) is 18.0. The first-order valence-electron chi connectivity index (χ1n) is 11.1. The molecular weight excluding hydrogens is 556 g/mol. The number of piperidine rings is 1. The van der Waals surface area contributed by atoms with Crippen LogP contribution in [0, 0.1) is 9.39 Å². The van der Waals surface area contributed by atoms with Gasteiger partial charge in [-0.05, 0) is 51.8 Å². The van der Waals surface area contributed by atoms with Gasteiger partial charge in [0.05, 0.1) is 15.0 Å². The van der Waals surface area contributed by atoms with E-state index < -0.39 is 0 Å². The number of amides is 2. The number of carbonyl (C=O) groups is 2. The Bertz CT molecular complexity index is 1090. The van der Waals surface area contributed by atoms with E-state index in [9.17, 15) is 14.0 Å². The van der Waals surface area contributed by atoms with Crippen LogP contribution >= 0.6 is 35.2 Å². The molecule has 2 atom stereocenters. The minimum Gasteiger partial charge on any atom is -0.352 e. The quantitative estimate of drug-likeness (QED) is 0.329. The number of carbonyl (C=O) groups excluding carboxylic acids is 2. The molecule has 1 aromatic carbocycles. The highest BCUT2D eigenvalue weighted by Gasteiger charge is 2.39. The van der Waals surface area contributed by atoms with E-state index in [0.717, 1.165) is 38.3 Å². The largest absolute Gasteiger partial charge is 0.352 e. The number of piperazine rings is 1. The first-order valence-corrected chi connectivity index (χ1v) is 12.7. The molecule has 174 valence electrons. The van der Waals surface area contributed by atoms with Gasteiger partial charge in [0.1, 0.15) is 0 Å². The second-order valence-electron chi connectivity index (χ2n) is 8.69. The molecule has 2 amide bonds. The van der Waals surface area contributed by atoms with Gasteiger partial charge in [-0.2, -0.15) is 12.6 Å². The lowest BCUT2D eigenvalue weighted by Gasteiger charge is -2.36. The van der Waals surface area contributed by atoms with Gasteiger partial charge in [-0.25, -0.2) is 9.37 Å². The van der Waals surface area contributed by atoms with Crippen molar-refractivity contribution in [3.8, 4) is 0 Å². The number of hydrogen-bond acceptors (Lipinski definition) is 7. The molecule has 0 spiro atoms. The monoisotopic (exact) mass is 581 g/mol. The molecule has 4 heterocycles. The highest BCUT2D eigenvalue weighted by atomic mass is 127. The van der Waals surface area contributed by atoms with Gasteiger partial charge in [-0.1, -0.05) is 18.2 Å². The smallest absolute Gasteiger partial charge is 0.243 e. The molecule has 5 rings (SSSR count). The topological polar surface area (TPSA) is 68.8 Å². The van der Waals surface area contributed by atoms with Crippen LogP contribution in [-0.4, -0.2) is 58.8 Å². The molecule has 0 radical (unpaired) electrons. The minimum atomic E-state index is -0.343. The maximum absolute atomic E-state index is 14.5. The zero-order chi connectivity index (χ0) is 23.1. The Labute approximate surface area is 211 Å². The van der Waals surface area contributed by atoms with E-state index in [-0.39, 0.29) is 29.0 Å². The van der Waals surface area contributed by atoms with E-state index in [4.69, 9.17) is 12.6 Å². The number of halogens is 2. The van der Waals surface area contributed by atoms with E-state index in [1.54, 1.807) is 12.3 Å². The molecule has 10 heteroatoms. The third kappa shape index (κ3) is 4.50. The number of fused-ring (bicyclic) bond motifs is 1. The molecule has 33 heavy (non-hydrogen) atoms. The van der Waals surface area contributed by atoms with Crippen LogP contribution in [0.25, 0.3) is 0 Å². The number of rotatable bonds is 4. The number of thiol groups is 1.